The van der Waals surface area contributed by atoms with Crippen molar-refractivity contribution in [1.82, 2.24) is 0 Å². The molecule has 0 saturated carbocycles. The first-order chi connectivity index (χ1) is 23.6. The number of benzene rings is 7. The molecule has 0 N–H and O–H groups in total. The summed E-state index contributed by atoms with van der Waals surface area (Å²) in [4.78, 5) is 26.7. The minimum atomic E-state index is -0.176. The second kappa shape index (κ2) is 13.9. The molecule has 7 aromatic rings. The van der Waals surface area contributed by atoms with Crippen LogP contribution in [-0.2, 0) is 0 Å². The summed E-state index contributed by atoms with van der Waals surface area (Å²) in [7, 11) is 0. The number of carbonyl (C=O) groups excluding carboxylic acids is 2. The molecule has 0 heterocycles. The van der Waals surface area contributed by atoms with E-state index < -0.39 is 0 Å². The maximum Gasteiger partial charge on any atom is 0.193 e. The lowest BCUT2D eigenvalue weighted by Gasteiger charge is -2.09. The van der Waals surface area contributed by atoms with Crippen molar-refractivity contribution in [2.45, 2.75) is 0 Å². The number of rotatable bonds is 10. The third-order valence-electron chi connectivity index (χ3n) is 8.01. The third kappa shape index (κ3) is 6.99. The van der Waals surface area contributed by atoms with E-state index in [-0.39, 0.29) is 11.6 Å². The van der Waals surface area contributed by atoms with Gasteiger partial charge >= 0.3 is 0 Å². The quantitative estimate of drug-likeness (QED) is 0.142. The highest BCUT2D eigenvalue weighted by molar-refractivity contribution is 6.13. The SMILES string of the molecule is O=C(c1ccc(Oc2ccc(-c3ccccc3)cc2)cc1)c1cccc(C(=O)c2ccc(Oc3ccc(-c4ccccc4)cc3)cc2)c1. The first kappa shape index (κ1) is 30.2. The predicted octanol–water partition coefficient (Wildman–Crippen LogP) is 11.1. The van der Waals surface area contributed by atoms with Crippen LogP contribution in [0.3, 0.4) is 0 Å². The van der Waals surface area contributed by atoms with Gasteiger partial charge in [-0.3, -0.25) is 9.59 Å². The number of hydrogen-bond donors (Lipinski definition) is 0. The van der Waals surface area contributed by atoms with Crippen molar-refractivity contribution < 1.29 is 19.1 Å². The zero-order valence-corrected chi connectivity index (χ0v) is 26.0. The zero-order chi connectivity index (χ0) is 32.7. The Kier molecular flexibility index (Phi) is 8.70. The van der Waals surface area contributed by atoms with Gasteiger partial charge in [0, 0.05) is 22.3 Å². The van der Waals surface area contributed by atoms with Crippen LogP contribution in [0.1, 0.15) is 31.8 Å². The van der Waals surface area contributed by atoms with Gasteiger partial charge in [0.2, 0.25) is 0 Å². The van der Waals surface area contributed by atoms with Crippen LogP contribution in [0.2, 0.25) is 0 Å². The van der Waals surface area contributed by atoms with Crippen LogP contribution in [0.5, 0.6) is 23.0 Å². The largest absolute Gasteiger partial charge is 0.457 e. The molecule has 0 aromatic heterocycles. The Morgan fingerprint density at radius 2 is 0.604 bits per heavy atom. The number of hydrogen-bond acceptors (Lipinski definition) is 4. The van der Waals surface area contributed by atoms with E-state index in [1.807, 2.05) is 84.9 Å². The summed E-state index contributed by atoms with van der Waals surface area (Å²) < 4.78 is 12.0. The smallest absolute Gasteiger partial charge is 0.193 e. The van der Waals surface area contributed by atoms with E-state index in [2.05, 4.69) is 24.3 Å². The highest BCUT2D eigenvalue weighted by Crippen LogP contribution is 2.28. The molecule has 0 amide bonds. The van der Waals surface area contributed by atoms with Gasteiger partial charge in [0.05, 0.1) is 0 Å². The van der Waals surface area contributed by atoms with Crippen LogP contribution < -0.4 is 9.47 Å². The van der Waals surface area contributed by atoms with Crippen molar-refractivity contribution in [3.05, 3.63) is 204 Å². The number of ketones is 2. The standard InChI is InChI=1S/C44H30O4/c45-43(35-18-26-41(27-19-35)47-39-22-14-33(15-23-39)31-8-3-1-4-9-31)37-12-7-13-38(30-37)44(46)36-20-28-42(29-21-36)48-40-24-16-34(17-25-40)32-10-5-2-6-11-32/h1-30H. The highest BCUT2D eigenvalue weighted by Gasteiger charge is 2.15. The molecule has 0 fully saturated rings. The molecule has 230 valence electrons. The molecule has 4 heteroatoms. The molecule has 0 radical (unpaired) electrons. The van der Waals surface area contributed by atoms with Crippen LogP contribution in [0, 0.1) is 0 Å². The van der Waals surface area contributed by atoms with Crippen molar-refractivity contribution >= 4 is 11.6 Å². The van der Waals surface area contributed by atoms with Crippen LogP contribution in [0.15, 0.2) is 182 Å². The Morgan fingerprint density at radius 1 is 0.292 bits per heavy atom. The van der Waals surface area contributed by atoms with Gasteiger partial charge in [0.15, 0.2) is 11.6 Å². The van der Waals surface area contributed by atoms with Gasteiger partial charge in [0.1, 0.15) is 23.0 Å². The van der Waals surface area contributed by atoms with Gasteiger partial charge in [-0.2, -0.15) is 0 Å². The Labute approximate surface area is 279 Å². The van der Waals surface area contributed by atoms with E-state index in [9.17, 15) is 9.59 Å². The fourth-order valence-corrected chi connectivity index (χ4v) is 5.45. The monoisotopic (exact) mass is 622 g/mol. The van der Waals surface area contributed by atoms with Gasteiger partial charge in [-0.25, -0.2) is 0 Å². The Hall–Kier alpha value is -6.52. The molecule has 0 bridgehead atoms. The van der Waals surface area contributed by atoms with Crippen molar-refractivity contribution in [2.75, 3.05) is 0 Å². The number of ether oxygens (including phenoxy) is 2. The number of carbonyl (C=O) groups is 2. The molecule has 0 spiro atoms. The summed E-state index contributed by atoms with van der Waals surface area (Å²) in [5.74, 6) is 2.31. The Morgan fingerprint density at radius 3 is 0.958 bits per heavy atom. The maximum atomic E-state index is 13.4. The van der Waals surface area contributed by atoms with Crippen LogP contribution in [0.25, 0.3) is 22.3 Å². The molecule has 0 atom stereocenters. The molecule has 7 rings (SSSR count). The van der Waals surface area contributed by atoms with E-state index in [1.54, 1.807) is 72.8 Å². The first-order valence-corrected chi connectivity index (χ1v) is 15.7. The average Bonchev–Trinajstić information content (AvgIpc) is 3.16. The lowest BCUT2D eigenvalue weighted by Crippen LogP contribution is -2.06. The van der Waals surface area contributed by atoms with E-state index in [4.69, 9.17) is 9.47 Å². The summed E-state index contributed by atoms with van der Waals surface area (Å²) in [6.07, 6.45) is 0. The van der Waals surface area contributed by atoms with Crippen molar-refractivity contribution in [3.8, 4) is 45.3 Å². The maximum absolute atomic E-state index is 13.4. The molecule has 0 saturated heterocycles. The van der Waals surface area contributed by atoms with Gasteiger partial charge in [0.25, 0.3) is 0 Å². The molecule has 4 nitrogen and oxygen atoms in total. The first-order valence-electron chi connectivity index (χ1n) is 15.7. The third-order valence-corrected chi connectivity index (χ3v) is 8.01. The highest BCUT2D eigenvalue weighted by atomic mass is 16.5. The Bertz CT molecular complexity index is 2000. The molecular formula is C44H30O4. The fraction of sp³-hybridized carbons (Fsp3) is 0. The van der Waals surface area contributed by atoms with Gasteiger partial charge < -0.3 is 9.47 Å². The van der Waals surface area contributed by atoms with Crippen molar-refractivity contribution in [2.24, 2.45) is 0 Å². The van der Waals surface area contributed by atoms with Crippen molar-refractivity contribution in [1.29, 1.82) is 0 Å². The zero-order valence-electron chi connectivity index (χ0n) is 26.0. The summed E-state index contributed by atoms with van der Waals surface area (Å²) in [6, 6.07) is 56.9. The minimum Gasteiger partial charge on any atom is -0.457 e. The Balaban J connectivity index is 0.979. The lowest BCUT2D eigenvalue weighted by atomic mass is 9.97. The summed E-state index contributed by atoms with van der Waals surface area (Å²) >= 11 is 0. The van der Waals surface area contributed by atoms with Crippen LogP contribution in [-0.4, -0.2) is 11.6 Å². The van der Waals surface area contributed by atoms with E-state index in [0.717, 1.165) is 22.3 Å². The molecule has 0 aliphatic carbocycles. The lowest BCUT2D eigenvalue weighted by molar-refractivity contribution is 0.103. The van der Waals surface area contributed by atoms with E-state index >= 15 is 0 Å². The summed E-state index contributed by atoms with van der Waals surface area (Å²) in [5, 5.41) is 0. The van der Waals surface area contributed by atoms with E-state index in [1.165, 1.54) is 0 Å². The van der Waals surface area contributed by atoms with Crippen LogP contribution in [0.4, 0.5) is 0 Å². The second-order valence-corrected chi connectivity index (χ2v) is 11.3. The average molecular weight is 623 g/mol. The molecule has 0 aliphatic rings. The molecular weight excluding hydrogens is 592 g/mol. The van der Waals surface area contributed by atoms with E-state index in [0.29, 0.717) is 45.3 Å². The summed E-state index contributed by atoms with van der Waals surface area (Å²) in [6.45, 7) is 0. The predicted molar refractivity (Wildman–Crippen MR) is 190 cm³/mol. The van der Waals surface area contributed by atoms with Crippen LogP contribution >= 0.6 is 0 Å². The molecule has 7 aromatic carbocycles. The van der Waals surface area contributed by atoms with Gasteiger partial charge in [-0.1, -0.05) is 103 Å². The second-order valence-electron chi connectivity index (χ2n) is 11.3. The van der Waals surface area contributed by atoms with Crippen molar-refractivity contribution in [3.63, 3.8) is 0 Å². The molecule has 0 aliphatic heterocycles. The topological polar surface area (TPSA) is 52.6 Å². The van der Waals surface area contributed by atoms with Gasteiger partial charge in [-0.05, 0) is 101 Å². The minimum absolute atomic E-state index is 0.176. The van der Waals surface area contributed by atoms with Gasteiger partial charge in [-0.15, -0.1) is 0 Å². The molecule has 0 unspecified atom stereocenters. The summed E-state index contributed by atoms with van der Waals surface area (Å²) in [5.41, 5.74) is 6.38. The fourth-order valence-electron chi connectivity index (χ4n) is 5.45. The molecule has 48 heavy (non-hydrogen) atoms. The normalized spacial score (nSPS) is 10.7.